The van der Waals surface area contributed by atoms with Crippen LogP contribution in [0.15, 0.2) is 42.5 Å². The second kappa shape index (κ2) is 12.9. The minimum Gasteiger partial charge on any atom is -0.443 e. The Hall–Kier alpha value is -3.97. The molecular weight excluding hydrogens is 538 g/mol. The van der Waals surface area contributed by atoms with Gasteiger partial charge in [0.2, 0.25) is 0 Å². The number of non-ortho nitro benzene ring substituents is 1. The minimum absolute atomic E-state index is 0.00622. The number of nitrogens with zero attached hydrogens (tertiary/aromatic N) is 1. The van der Waals surface area contributed by atoms with E-state index in [-0.39, 0.29) is 35.3 Å². The molecule has 0 aromatic heterocycles. The molecule has 2 N–H and O–H groups in total. The Kier molecular flexibility index (Phi) is 10.4. The summed E-state index contributed by atoms with van der Waals surface area (Å²) in [7, 11) is -2.06. The number of rotatable bonds is 8. The molecule has 0 saturated heterocycles. The van der Waals surface area contributed by atoms with Gasteiger partial charge in [0.25, 0.3) is 11.6 Å². The van der Waals surface area contributed by atoms with Gasteiger partial charge in [0.15, 0.2) is 8.32 Å². The molecule has 0 aliphatic rings. The lowest BCUT2D eigenvalue weighted by Gasteiger charge is -2.36. The second-order valence-corrected chi connectivity index (χ2v) is 16.3. The SMILES string of the molecule is CC(C)(C)OC(=O)NNC(=O)c1ccc(CO[Si](C)(C)C(C)(C)C)cc1COC(=O)Oc1ccc([N+](=O)[O-])cc1. The standard InChI is InChI=1S/C27H37N3O9Si/c1-26(2,3)39-24(32)29-28-23(31)22-14-9-18(16-37-40(7,8)27(4,5)6)15-19(22)17-36-25(33)38-21-12-10-20(11-13-21)30(34)35/h9-15H,16-17H2,1-8H3,(H,28,31)(H,29,32). The van der Waals surface area contributed by atoms with Crippen LogP contribution in [-0.2, 0) is 27.1 Å². The van der Waals surface area contributed by atoms with Crippen LogP contribution in [0.2, 0.25) is 18.1 Å². The molecule has 0 heterocycles. The molecule has 2 aromatic rings. The highest BCUT2D eigenvalue weighted by Gasteiger charge is 2.37. The lowest BCUT2D eigenvalue weighted by Crippen LogP contribution is -2.44. The molecule has 2 amide bonds. The smallest absolute Gasteiger partial charge is 0.443 e. The minimum atomic E-state index is -2.06. The molecule has 0 unspecified atom stereocenters. The van der Waals surface area contributed by atoms with Gasteiger partial charge >= 0.3 is 12.2 Å². The van der Waals surface area contributed by atoms with Gasteiger partial charge in [-0.2, -0.15) is 0 Å². The van der Waals surface area contributed by atoms with E-state index in [0.29, 0.717) is 5.56 Å². The van der Waals surface area contributed by atoms with E-state index in [1.54, 1.807) is 32.9 Å². The fourth-order valence-corrected chi connectivity index (χ4v) is 3.90. The first-order chi connectivity index (χ1) is 18.4. The van der Waals surface area contributed by atoms with Crippen LogP contribution < -0.4 is 15.6 Å². The Balaban J connectivity index is 2.18. The fraction of sp³-hybridized carbons (Fsp3) is 0.444. The van der Waals surface area contributed by atoms with Gasteiger partial charge in [-0.05, 0) is 68.7 Å². The van der Waals surface area contributed by atoms with Gasteiger partial charge in [-0.3, -0.25) is 20.3 Å². The average molecular weight is 576 g/mol. The predicted octanol–water partition coefficient (Wildman–Crippen LogP) is 6.00. The molecule has 2 rings (SSSR count). The molecule has 12 nitrogen and oxygen atoms in total. The zero-order valence-electron chi connectivity index (χ0n) is 24.1. The summed E-state index contributed by atoms with van der Waals surface area (Å²) >= 11 is 0. The summed E-state index contributed by atoms with van der Waals surface area (Å²) < 4.78 is 21.7. The van der Waals surface area contributed by atoms with Gasteiger partial charge in [0.1, 0.15) is 18.0 Å². The number of carbonyl (C=O) groups is 3. The Bertz CT molecular complexity index is 1230. The van der Waals surface area contributed by atoms with Crippen LogP contribution in [0.25, 0.3) is 0 Å². The van der Waals surface area contributed by atoms with Crippen molar-refractivity contribution < 1.29 is 37.9 Å². The van der Waals surface area contributed by atoms with Crippen molar-refractivity contribution in [2.45, 2.75) is 78.5 Å². The molecule has 0 spiro atoms. The first kappa shape index (κ1) is 32.2. The first-order valence-corrected chi connectivity index (χ1v) is 15.4. The summed E-state index contributed by atoms with van der Waals surface area (Å²) in [5, 5.41) is 10.8. The van der Waals surface area contributed by atoms with Crippen molar-refractivity contribution in [2.24, 2.45) is 0 Å². The van der Waals surface area contributed by atoms with Gasteiger partial charge < -0.3 is 18.6 Å². The predicted molar refractivity (Wildman–Crippen MR) is 149 cm³/mol. The van der Waals surface area contributed by atoms with E-state index < -0.39 is 37.0 Å². The molecule has 0 bridgehead atoms. The maximum atomic E-state index is 12.9. The van der Waals surface area contributed by atoms with E-state index in [2.05, 4.69) is 44.7 Å². The van der Waals surface area contributed by atoms with Gasteiger partial charge in [-0.1, -0.05) is 26.8 Å². The van der Waals surface area contributed by atoms with Crippen molar-refractivity contribution in [2.75, 3.05) is 0 Å². The molecule has 40 heavy (non-hydrogen) atoms. The van der Waals surface area contributed by atoms with Crippen LogP contribution >= 0.6 is 0 Å². The molecule has 0 radical (unpaired) electrons. The lowest BCUT2D eigenvalue weighted by molar-refractivity contribution is -0.384. The zero-order chi connectivity index (χ0) is 30.3. The largest absolute Gasteiger partial charge is 0.514 e. The van der Waals surface area contributed by atoms with E-state index in [1.807, 2.05) is 0 Å². The van der Waals surface area contributed by atoms with Crippen LogP contribution in [0.1, 0.15) is 63.0 Å². The number of amides is 2. The summed E-state index contributed by atoms with van der Waals surface area (Å²) in [5.41, 5.74) is 4.78. The van der Waals surface area contributed by atoms with Gasteiger partial charge in [-0.25, -0.2) is 15.0 Å². The number of ether oxygens (including phenoxy) is 3. The Morgan fingerprint density at radius 1 is 0.925 bits per heavy atom. The summed E-state index contributed by atoms with van der Waals surface area (Å²) in [6, 6.07) is 9.84. The van der Waals surface area contributed by atoms with Crippen molar-refractivity contribution in [1.29, 1.82) is 0 Å². The number of hydrogen-bond donors (Lipinski definition) is 2. The van der Waals surface area contributed by atoms with Crippen LogP contribution in [0.3, 0.4) is 0 Å². The van der Waals surface area contributed by atoms with Crippen LogP contribution in [0.5, 0.6) is 5.75 Å². The van der Waals surface area contributed by atoms with Crippen molar-refractivity contribution in [1.82, 2.24) is 10.9 Å². The monoisotopic (exact) mass is 575 g/mol. The fourth-order valence-electron chi connectivity index (χ4n) is 2.94. The number of carbonyl (C=O) groups excluding carboxylic acids is 3. The summed E-state index contributed by atoms with van der Waals surface area (Å²) in [5.74, 6) is -0.614. The second-order valence-electron chi connectivity index (χ2n) is 11.5. The van der Waals surface area contributed by atoms with E-state index in [1.165, 1.54) is 30.3 Å². The van der Waals surface area contributed by atoms with Crippen LogP contribution in [-0.4, -0.2) is 37.0 Å². The molecule has 13 heteroatoms. The number of hydrogen-bond acceptors (Lipinski definition) is 9. The van der Waals surface area contributed by atoms with Crippen molar-refractivity contribution in [3.63, 3.8) is 0 Å². The Labute approximate surface area is 234 Å². The molecule has 2 aromatic carbocycles. The summed E-state index contributed by atoms with van der Waals surface area (Å²) in [4.78, 5) is 47.4. The normalized spacial score (nSPS) is 11.8. The van der Waals surface area contributed by atoms with Crippen LogP contribution in [0.4, 0.5) is 15.3 Å². The molecule has 0 aliphatic heterocycles. The van der Waals surface area contributed by atoms with E-state index >= 15 is 0 Å². The number of nitro benzene ring substituents is 1. The van der Waals surface area contributed by atoms with E-state index in [0.717, 1.165) is 5.56 Å². The molecule has 0 atom stereocenters. The first-order valence-electron chi connectivity index (χ1n) is 12.5. The number of benzene rings is 2. The van der Waals surface area contributed by atoms with Crippen molar-refractivity contribution >= 4 is 32.2 Å². The van der Waals surface area contributed by atoms with Crippen LogP contribution in [0, 0.1) is 10.1 Å². The lowest BCUT2D eigenvalue weighted by atomic mass is 10.0. The molecule has 0 aliphatic carbocycles. The van der Waals surface area contributed by atoms with Gasteiger partial charge in [-0.15, -0.1) is 0 Å². The summed E-state index contributed by atoms with van der Waals surface area (Å²) in [6.45, 7) is 15.6. The highest BCUT2D eigenvalue weighted by molar-refractivity contribution is 6.74. The van der Waals surface area contributed by atoms with Gasteiger partial charge in [0.05, 0.1) is 11.5 Å². The van der Waals surface area contributed by atoms with Crippen molar-refractivity contribution in [3.8, 4) is 5.75 Å². The number of nitro groups is 1. The van der Waals surface area contributed by atoms with Gasteiger partial charge in [0, 0.05) is 23.3 Å². The molecule has 0 saturated carbocycles. The quantitative estimate of drug-likeness (QED) is 0.127. The Morgan fingerprint density at radius 2 is 1.55 bits per heavy atom. The topological polar surface area (TPSA) is 155 Å². The number of hydrazine groups is 1. The van der Waals surface area contributed by atoms with E-state index in [4.69, 9.17) is 18.6 Å². The highest BCUT2D eigenvalue weighted by Crippen LogP contribution is 2.37. The third-order valence-corrected chi connectivity index (χ3v) is 10.6. The highest BCUT2D eigenvalue weighted by atomic mass is 28.4. The maximum Gasteiger partial charge on any atom is 0.514 e. The number of nitrogens with one attached hydrogen (secondary N) is 2. The molecule has 218 valence electrons. The summed E-state index contributed by atoms with van der Waals surface area (Å²) in [6.07, 6.45) is -1.92. The van der Waals surface area contributed by atoms with E-state index in [9.17, 15) is 24.5 Å². The average Bonchev–Trinajstić information content (AvgIpc) is 2.83. The third-order valence-electron chi connectivity index (χ3n) is 6.09. The maximum absolute atomic E-state index is 12.9. The van der Waals surface area contributed by atoms with Crippen molar-refractivity contribution in [3.05, 3.63) is 69.3 Å². The molecular formula is C27H37N3O9Si. The third kappa shape index (κ3) is 9.97. The zero-order valence-corrected chi connectivity index (χ0v) is 25.1. The molecule has 0 fully saturated rings. The Morgan fingerprint density at radius 3 is 2.10 bits per heavy atom.